The zero-order valence-electron chi connectivity index (χ0n) is 33.7. The molecule has 5 heteroatoms. The van der Waals surface area contributed by atoms with Gasteiger partial charge in [-0.1, -0.05) is 133 Å². The molecule has 4 aromatic carbocycles. The van der Waals surface area contributed by atoms with Crippen LogP contribution in [0.15, 0.2) is 116 Å². The molecule has 7 aromatic rings. The van der Waals surface area contributed by atoms with Crippen LogP contribution in [0.2, 0.25) is 19.6 Å². The first-order valence-corrected chi connectivity index (χ1v) is 24.0. The van der Waals surface area contributed by atoms with Crippen molar-refractivity contribution in [2.75, 3.05) is 0 Å². The molecule has 1 fully saturated rings. The van der Waals surface area contributed by atoms with Crippen LogP contribution in [0.3, 0.4) is 0 Å². The van der Waals surface area contributed by atoms with E-state index in [0.717, 1.165) is 34.9 Å². The summed E-state index contributed by atoms with van der Waals surface area (Å²) in [6, 6.07) is 43.4. The minimum absolute atomic E-state index is 0. The van der Waals surface area contributed by atoms with Gasteiger partial charge in [-0.2, -0.15) is 11.3 Å². The molecule has 1 radical (unpaired) electrons. The van der Waals surface area contributed by atoms with E-state index in [1.165, 1.54) is 73.3 Å². The SMILES string of the molecule is CC(C)(C)Cc1cc(-c2[c-]cccc2)ncc1[Si](C)(C)C.CC(C)(c1ccnc(-c2[c-]ccc3c2sc2cc(-c4ccccc4)ccc23)c1)C1CCCC1.[Ir]. The van der Waals surface area contributed by atoms with Crippen molar-refractivity contribution in [3.8, 4) is 33.6 Å². The van der Waals surface area contributed by atoms with Crippen LogP contribution in [0.25, 0.3) is 53.8 Å². The summed E-state index contributed by atoms with van der Waals surface area (Å²) in [6.45, 7) is 18.9. The topological polar surface area (TPSA) is 25.8 Å². The van der Waals surface area contributed by atoms with E-state index in [1.54, 1.807) is 0 Å². The Balaban J connectivity index is 0.000000204. The molecule has 3 aromatic heterocycles. The largest absolute Gasteiger partial charge is 0.305 e. The Morgan fingerprint density at radius 1 is 0.727 bits per heavy atom. The molecule has 0 spiro atoms. The van der Waals surface area contributed by atoms with Gasteiger partial charge in [-0.05, 0) is 91.5 Å². The molecule has 1 saturated carbocycles. The van der Waals surface area contributed by atoms with E-state index < -0.39 is 8.07 Å². The smallest absolute Gasteiger partial charge is 0.0798 e. The molecular weight excluding hydrogens is 881 g/mol. The number of nitrogens with zero attached hydrogens (tertiary/aromatic N) is 2. The Bertz CT molecular complexity index is 2360. The quantitative estimate of drug-likeness (QED) is 0.118. The van der Waals surface area contributed by atoms with Crippen molar-refractivity contribution in [2.45, 2.75) is 91.8 Å². The summed E-state index contributed by atoms with van der Waals surface area (Å²) in [5, 5.41) is 4.09. The summed E-state index contributed by atoms with van der Waals surface area (Å²) in [6.07, 6.45) is 10.6. The predicted octanol–water partition coefficient (Wildman–Crippen LogP) is 13.7. The molecule has 55 heavy (non-hydrogen) atoms. The molecule has 0 amide bonds. The fourth-order valence-electron chi connectivity index (χ4n) is 8.18. The number of fused-ring (bicyclic) bond motifs is 3. The van der Waals surface area contributed by atoms with Gasteiger partial charge in [0.05, 0.1) is 8.07 Å². The van der Waals surface area contributed by atoms with Gasteiger partial charge < -0.3 is 9.97 Å². The van der Waals surface area contributed by atoms with Crippen LogP contribution < -0.4 is 5.19 Å². The van der Waals surface area contributed by atoms with E-state index in [-0.39, 0.29) is 30.9 Å². The molecule has 8 rings (SSSR count). The summed E-state index contributed by atoms with van der Waals surface area (Å²) in [5.74, 6) is 0.758. The molecule has 0 atom stereocenters. The molecule has 0 saturated heterocycles. The van der Waals surface area contributed by atoms with Gasteiger partial charge in [0, 0.05) is 37.2 Å². The monoisotopic (exact) mass is 935 g/mol. The molecular formula is C50H54IrN2SSi-2. The second-order valence-corrected chi connectivity index (χ2v) is 24.0. The predicted molar refractivity (Wildman–Crippen MR) is 236 cm³/mol. The molecule has 3 heterocycles. The minimum Gasteiger partial charge on any atom is -0.305 e. The second kappa shape index (κ2) is 16.8. The standard InChI is InChI=1S/C31H28NS.C19H26NSi.Ir/c1-31(2,23-11-6-7-12-23)24-17-18-32-28(20-24)27-14-8-13-26-25-16-15-22(19-29(25)33-30(26)27)21-9-4-3-5-10-21;1-19(2,3)13-16-12-17(15-10-8-7-9-11-15)20-14-18(16)21(4,5)6;/h3-5,8-10,13,15-20,23H,6-7,11-12H2,1-2H3;7-10,12,14H,13H2,1-6H3;/q2*-1;. The Kier molecular flexibility index (Phi) is 12.5. The number of pyridine rings is 2. The fraction of sp³-hybridized carbons (Fsp3) is 0.320. The summed E-state index contributed by atoms with van der Waals surface area (Å²) in [7, 11) is -1.37. The van der Waals surface area contributed by atoms with Crippen LogP contribution in [0, 0.1) is 23.5 Å². The summed E-state index contributed by atoms with van der Waals surface area (Å²) in [4.78, 5) is 9.52. The molecule has 0 unspecified atom stereocenters. The maximum Gasteiger partial charge on any atom is 0.0798 e. The van der Waals surface area contributed by atoms with Crippen molar-refractivity contribution >= 4 is 44.8 Å². The van der Waals surface area contributed by atoms with E-state index in [9.17, 15) is 0 Å². The van der Waals surface area contributed by atoms with Crippen molar-refractivity contribution in [1.29, 1.82) is 0 Å². The van der Waals surface area contributed by atoms with Crippen LogP contribution in [0.4, 0.5) is 0 Å². The van der Waals surface area contributed by atoms with E-state index in [4.69, 9.17) is 9.97 Å². The van der Waals surface area contributed by atoms with Crippen LogP contribution in [0.1, 0.15) is 71.4 Å². The van der Waals surface area contributed by atoms with Gasteiger partial charge in [0.25, 0.3) is 0 Å². The summed E-state index contributed by atoms with van der Waals surface area (Å²) in [5.41, 5.74) is 10.1. The number of thiophene rings is 1. The summed E-state index contributed by atoms with van der Waals surface area (Å²) < 4.78 is 2.59. The average Bonchev–Trinajstić information content (AvgIpc) is 3.84. The van der Waals surface area contributed by atoms with Gasteiger partial charge in [-0.3, -0.25) is 0 Å². The van der Waals surface area contributed by atoms with Gasteiger partial charge in [-0.15, -0.1) is 59.7 Å². The molecule has 285 valence electrons. The molecule has 1 aliphatic carbocycles. The van der Waals surface area contributed by atoms with E-state index in [0.29, 0.717) is 0 Å². The average molecular weight is 935 g/mol. The normalized spacial score (nSPS) is 13.7. The Labute approximate surface area is 348 Å². The van der Waals surface area contributed by atoms with Crippen molar-refractivity contribution in [1.82, 2.24) is 9.97 Å². The molecule has 0 aliphatic heterocycles. The molecule has 0 N–H and O–H groups in total. The third-order valence-electron chi connectivity index (χ3n) is 11.2. The van der Waals surface area contributed by atoms with Crippen LogP contribution in [0.5, 0.6) is 0 Å². The van der Waals surface area contributed by atoms with Crippen LogP contribution in [-0.4, -0.2) is 18.0 Å². The second-order valence-electron chi connectivity index (χ2n) is 17.9. The maximum atomic E-state index is 4.81. The van der Waals surface area contributed by atoms with Gasteiger partial charge in [-0.25, -0.2) is 0 Å². The maximum absolute atomic E-state index is 4.81. The van der Waals surface area contributed by atoms with Crippen molar-refractivity contribution in [3.05, 3.63) is 139 Å². The fourth-order valence-corrected chi connectivity index (χ4v) is 11.0. The number of hydrogen-bond acceptors (Lipinski definition) is 3. The molecule has 2 nitrogen and oxygen atoms in total. The summed E-state index contributed by atoms with van der Waals surface area (Å²) >= 11 is 1.86. The number of aromatic nitrogens is 2. The van der Waals surface area contributed by atoms with Crippen molar-refractivity contribution in [2.24, 2.45) is 11.3 Å². The number of benzene rings is 4. The van der Waals surface area contributed by atoms with Crippen molar-refractivity contribution < 1.29 is 20.1 Å². The van der Waals surface area contributed by atoms with Crippen LogP contribution in [-0.2, 0) is 31.9 Å². The minimum atomic E-state index is -1.37. The third kappa shape index (κ3) is 9.29. The molecule has 0 bridgehead atoms. The van der Waals surface area contributed by atoms with Gasteiger partial charge in [0.1, 0.15) is 0 Å². The van der Waals surface area contributed by atoms with Gasteiger partial charge >= 0.3 is 0 Å². The zero-order chi connectivity index (χ0) is 38.1. The van der Waals surface area contributed by atoms with Crippen molar-refractivity contribution in [3.63, 3.8) is 0 Å². The number of rotatable bonds is 7. The first-order chi connectivity index (χ1) is 25.8. The van der Waals surface area contributed by atoms with Gasteiger partial charge in [0.2, 0.25) is 0 Å². The van der Waals surface area contributed by atoms with E-state index >= 15 is 0 Å². The van der Waals surface area contributed by atoms with E-state index in [1.807, 2.05) is 35.7 Å². The third-order valence-corrected chi connectivity index (χ3v) is 14.4. The van der Waals surface area contributed by atoms with E-state index in [2.05, 4.69) is 158 Å². The first kappa shape index (κ1) is 40.9. The Morgan fingerprint density at radius 2 is 1.47 bits per heavy atom. The Hall–Kier alpha value is -3.73. The Morgan fingerprint density at radius 3 is 2.16 bits per heavy atom. The van der Waals surface area contributed by atoms with Gasteiger partial charge in [0.15, 0.2) is 0 Å². The first-order valence-electron chi connectivity index (χ1n) is 19.6. The molecule has 1 aliphatic rings. The number of hydrogen-bond donors (Lipinski definition) is 0. The zero-order valence-corrected chi connectivity index (χ0v) is 37.9. The van der Waals surface area contributed by atoms with Crippen LogP contribution >= 0.6 is 11.3 Å².